The Kier molecular flexibility index (Phi) is 6.68. The van der Waals surface area contributed by atoms with Gasteiger partial charge in [-0.3, -0.25) is 0 Å². The Morgan fingerprint density at radius 1 is 1.18 bits per heavy atom. The van der Waals surface area contributed by atoms with Gasteiger partial charge in [-0.15, -0.1) is 0 Å². The first-order valence-corrected chi connectivity index (χ1v) is 9.37. The van der Waals surface area contributed by atoms with Gasteiger partial charge in [-0.05, 0) is 36.1 Å². The average molecular weight is 378 g/mol. The Bertz CT molecular complexity index is 892. The van der Waals surface area contributed by atoms with Crippen molar-refractivity contribution >= 4 is 6.03 Å². The first-order valence-electron chi connectivity index (χ1n) is 9.37. The fraction of sp³-hybridized carbons (Fsp3) is 0.273. The number of benzene rings is 2. The number of aryl methyl sites for hydroxylation is 2. The topological polar surface area (TPSA) is 68.2 Å². The molecule has 2 aromatic carbocycles. The molecule has 0 radical (unpaired) electrons. The van der Waals surface area contributed by atoms with Gasteiger partial charge in [-0.25, -0.2) is 9.78 Å². The summed E-state index contributed by atoms with van der Waals surface area (Å²) >= 11 is 0. The van der Waals surface area contributed by atoms with Gasteiger partial charge in [0.15, 0.2) is 0 Å². The van der Waals surface area contributed by atoms with E-state index < -0.39 is 0 Å². The fourth-order valence-electron chi connectivity index (χ4n) is 3.09. The van der Waals surface area contributed by atoms with Crippen molar-refractivity contribution in [1.29, 1.82) is 0 Å². The third-order valence-corrected chi connectivity index (χ3v) is 4.59. The molecule has 0 aliphatic rings. The van der Waals surface area contributed by atoms with E-state index in [0.29, 0.717) is 6.54 Å². The highest BCUT2D eigenvalue weighted by molar-refractivity contribution is 5.74. The van der Waals surface area contributed by atoms with Crippen LogP contribution in [0.15, 0.2) is 67.0 Å². The summed E-state index contributed by atoms with van der Waals surface area (Å²) in [5.74, 6) is 1.49. The lowest BCUT2D eigenvalue weighted by Crippen LogP contribution is -2.39. The molecular formula is C22H26N4O2. The number of aromatic nitrogens is 2. The highest BCUT2D eigenvalue weighted by atomic mass is 16.5. The highest BCUT2D eigenvalue weighted by Crippen LogP contribution is 2.24. The molecule has 0 bridgehead atoms. The molecule has 0 aliphatic heterocycles. The molecule has 2 amide bonds. The molecular weight excluding hydrogens is 352 g/mol. The van der Waals surface area contributed by atoms with E-state index in [9.17, 15) is 4.79 Å². The molecule has 1 atom stereocenters. The summed E-state index contributed by atoms with van der Waals surface area (Å²) in [5, 5.41) is 5.98. The van der Waals surface area contributed by atoms with E-state index in [4.69, 9.17) is 4.74 Å². The molecule has 2 N–H and O–H groups in total. The molecule has 0 fully saturated rings. The summed E-state index contributed by atoms with van der Waals surface area (Å²) in [6, 6.07) is 17.3. The van der Waals surface area contributed by atoms with Crippen LogP contribution in [0.4, 0.5) is 4.79 Å². The zero-order valence-corrected chi connectivity index (χ0v) is 16.3. The standard InChI is InChI=1S/C22H26N4O2/c1-26-15-14-23-21(26)20(18-11-6-12-19(16-18)28-2)25-22(27)24-13-7-10-17-8-4-3-5-9-17/h3-6,8-9,11-12,14-16,20H,7,10,13H2,1-2H3,(H2,24,25,27). The number of nitrogens with zero attached hydrogens (tertiary/aromatic N) is 2. The van der Waals surface area contributed by atoms with Gasteiger partial charge in [0.25, 0.3) is 0 Å². The lowest BCUT2D eigenvalue weighted by molar-refractivity contribution is 0.238. The molecule has 1 unspecified atom stereocenters. The predicted octanol–water partition coefficient (Wildman–Crippen LogP) is 3.45. The van der Waals surface area contributed by atoms with Gasteiger partial charge in [-0.1, -0.05) is 42.5 Å². The van der Waals surface area contributed by atoms with E-state index in [1.807, 2.05) is 60.3 Å². The summed E-state index contributed by atoms with van der Waals surface area (Å²) in [6.07, 6.45) is 5.40. The van der Waals surface area contributed by atoms with E-state index in [0.717, 1.165) is 30.0 Å². The van der Waals surface area contributed by atoms with Crippen LogP contribution in [0.2, 0.25) is 0 Å². The lowest BCUT2D eigenvalue weighted by atomic mass is 10.1. The van der Waals surface area contributed by atoms with Crippen LogP contribution in [-0.4, -0.2) is 29.2 Å². The molecule has 3 aromatic rings. The smallest absolute Gasteiger partial charge is 0.315 e. The Morgan fingerprint density at radius 2 is 2.00 bits per heavy atom. The van der Waals surface area contributed by atoms with E-state index in [1.165, 1.54) is 5.56 Å². The second-order valence-electron chi connectivity index (χ2n) is 6.60. The van der Waals surface area contributed by atoms with Crippen LogP contribution < -0.4 is 15.4 Å². The number of ether oxygens (including phenoxy) is 1. The van der Waals surface area contributed by atoms with Crippen molar-refractivity contribution < 1.29 is 9.53 Å². The van der Waals surface area contributed by atoms with Crippen LogP contribution in [0.3, 0.4) is 0 Å². The first-order chi connectivity index (χ1) is 13.7. The van der Waals surface area contributed by atoms with Crippen molar-refractivity contribution in [2.75, 3.05) is 13.7 Å². The summed E-state index contributed by atoms with van der Waals surface area (Å²) < 4.78 is 7.23. The summed E-state index contributed by atoms with van der Waals surface area (Å²) in [7, 11) is 3.54. The molecule has 1 heterocycles. The van der Waals surface area contributed by atoms with Crippen molar-refractivity contribution in [1.82, 2.24) is 20.2 Å². The summed E-state index contributed by atoms with van der Waals surface area (Å²) in [4.78, 5) is 16.9. The van der Waals surface area contributed by atoms with E-state index >= 15 is 0 Å². The SMILES string of the molecule is COc1cccc(C(NC(=O)NCCCc2ccccc2)c2nccn2C)c1. The van der Waals surface area contributed by atoms with Crippen LogP contribution in [0.5, 0.6) is 5.75 Å². The normalized spacial score (nSPS) is 11.6. The van der Waals surface area contributed by atoms with Crippen LogP contribution in [0.1, 0.15) is 29.4 Å². The van der Waals surface area contributed by atoms with Gasteiger partial charge in [-0.2, -0.15) is 0 Å². The fourth-order valence-corrected chi connectivity index (χ4v) is 3.09. The number of rotatable bonds is 8. The van der Waals surface area contributed by atoms with Crippen molar-refractivity contribution in [2.45, 2.75) is 18.9 Å². The molecule has 0 saturated carbocycles. The van der Waals surface area contributed by atoms with E-state index in [1.54, 1.807) is 13.3 Å². The second kappa shape index (κ2) is 9.60. The minimum atomic E-state index is -0.371. The maximum absolute atomic E-state index is 12.5. The number of urea groups is 1. The molecule has 3 rings (SSSR count). The number of hydrogen-bond acceptors (Lipinski definition) is 3. The van der Waals surface area contributed by atoms with Crippen molar-refractivity contribution in [2.24, 2.45) is 7.05 Å². The van der Waals surface area contributed by atoms with Crippen LogP contribution >= 0.6 is 0 Å². The number of nitrogens with one attached hydrogen (secondary N) is 2. The monoisotopic (exact) mass is 378 g/mol. The average Bonchev–Trinajstić information content (AvgIpc) is 3.16. The third-order valence-electron chi connectivity index (χ3n) is 4.59. The van der Waals surface area contributed by atoms with Gasteiger partial charge in [0.2, 0.25) is 0 Å². The van der Waals surface area contributed by atoms with Crippen LogP contribution in [0, 0.1) is 0 Å². The summed E-state index contributed by atoms with van der Waals surface area (Å²) in [5.41, 5.74) is 2.18. The van der Waals surface area contributed by atoms with Gasteiger partial charge < -0.3 is 19.9 Å². The predicted molar refractivity (Wildman–Crippen MR) is 109 cm³/mol. The maximum atomic E-state index is 12.5. The van der Waals surface area contributed by atoms with Gasteiger partial charge in [0.05, 0.1) is 7.11 Å². The number of hydrogen-bond donors (Lipinski definition) is 2. The number of carbonyl (C=O) groups is 1. The molecule has 0 aliphatic carbocycles. The molecule has 6 heteroatoms. The van der Waals surface area contributed by atoms with Gasteiger partial charge in [0.1, 0.15) is 17.6 Å². The van der Waals surface area contributed by atoms with Gasteiger partial charge in [0, 0.05) is 26.0 Å². The zero-order valence-electron chi connectivity index (χ0n) is 16.3. The Morgan fingerprint density at radius 3 is 2.71 bits per heavy atom. The van der Waals surface area contributed by atoms with Crippen LogP contribution in [0.25, 0.3) is 0 Å². The number of carbonyl (C=O) groups excluding carboxylic acids is 1. The molecule has 0 spiro atoms. The minimum Gasteiger partial charge on any atom is -0.497 e. The number of methoxy groups -OCH3 is 1. The van der Waals surface area contributed by atoms with Crippen molar-refractivity contribution in [3.05, 3.63) is 83.9 Å². The Hall–Kier alpha value is -3.28. The lowest BCUT2D eigenvalue weighted by Gasteiger charge is -2.20. The largest absolute Gasteiger partial charge is 0.497 e. The second-order valence-corrected chi connectivity index (χ2v) is 6.60. The third kappa shape index (κ3) is 5.13. The molecule has 1 aromatic heterocycles. The van der Waals surface area contributed by atoms with E-state index in [2.05, 4.69) is 27.8 Å². The quantitative estimate of drug-likeness (QED) is 0.590. The van der Waals surface area contributed by atoms with Crippen molar-refractivity contribution in [3.63, 3.8) is 0 Å². The zero-order chi connectivity index (χ0) is 19.8. The Labute approximate surface area is 165 Å². The van der Waals surface area contributed by atoms with E-state index in [-0.39, 0.29) is 12.1 Å². The highest BCUT2D eigenvalue weighted by Gasteiger charge is 2.21. The molecule has 0 saturated heterocycles. The number of amides is 2. The summed E-state index contributed by atoms with van der Waals surface area (Å²) in [6.45, 7) is 0.603. The number of imidazole rings is 1. The molecule has 146 valence electrons. The van der Waals surface area contributed by atoms with Crippen LogP contribution in [-0.2, 0) is 13.5 Å². The van der Waals surface area contributed by atoms with Gasteiger partial charge >= 0.3 is 6.03 Å². The van der Waals surface area contributed by atoms with Crippen molar-refractivity contribution in [3.8, 4) is 5.75 Å². The molecule has 6 nitrogen and oxygen atoms in total. The first kappa shape index (κ1) is 19.5. The Balaban J connectivity index is 1.62. The maximum Gasteiger partial charge on any atom is 0.315 e. The minimum absolute atomic E-state index is 0.219. The molecule has 28 heavy (non-hydrogen) atoms.